The molecule has 2 aromatic carbocycles. The first-order valence-electron chi connectivity index (χ1n) is 5.89. The van der Waals surface area contributed by atoms with Gasteiger partial charge in [-0.05, 0) is 49.4 Å². The number of ketones is 1. The molecular formula is C15H11Cl3OS. The van der Waals surface area contributed by atoms with Gasteiger partial charge in [0.15, 0.2) is 5.78 Å². The van der Waals surface area contributed by atoms with Crippen molar-refractivity contribution in [3.05, 3.63) is 63.1 Å². The maximum Gasteiger partial charge on any atom is 0.175 e. The molecule has 0 amide bonds. The van der Waals surface area contributed by atoms with Gasteiger partial charge in [-0.1, -0.05) is 34.8 Å². The quantitative estimate of drug-likeness (QED) is 0.498. The Balaban J connectivity index is 2.15. The van der Waals surface area contributed by atoms with Crippen LogP contribution in [-0.4, -0.2) is 11.0 Å². The van der Waals surface area contributed by atoms with E-state index in [1.807, 2.05) is 6.92 Å². The van der Waals surface area contributed by atoms with Crippen LogP contribution in [0.1, 0.15) is 17.3 Å². The van der Waals surface area contributed by atoms with E-state index in [4.69, 9.17) is 34.8 Å². The first-order valence-corrected chi connectivity index (χ1v) is 7.90. The highest BCUT2D eigenvalue weighted by molar-refractivity contribution is 8.00. The number of Topliss-reactive ketones (excluding diaryl/α,β-unsaturated/α-hetero) is 1. The molecule has 0 aliphatic rings. The third kappa shape index (κ3) is 3.92. The minimum Gasteiger partial charge on any atom is -0.293 e. The Hall–Kier alpha value is -0.670. The Kier molecular flexibility index (Phi) is 5.39. The largest absolute Gasteiger partial charge is 0.293 e. The van der Waals surface area contributed by atoms with Crippen molar-refractivity contribution in [2.75, 3.05) is 0 Å². The lowest BCUT2D eigenvalue weighted by molar-refractivity contribution is 0.0994. The third-order valence-corrected chi connectivity index (χ3v) is 4.78. The van der Waals surface area contributed by atoms with Crippen LogP contribution in [-0.2, 0) is 0 Å². The van der Waals surface area contributed by atoms with Crippen molar-refractivity contribution in [3.8, 4) is 0 Å². The molecule has 104 valence electrons. The SMILES string of the molecule is CC(Sc1cc(Cl)ccc1Cl)C(=O)c1ccc(Cl)cc1. The van der Waals surface area contributed by atoms with Gasteiger partial charge >= 0.3 is 0 Å². The first-order chi connectivity index (χ1) is 9.47. The number of rotatable bonds is 4. The Morgan fingerprint density at radius 3 is 2.25 bits per heavy atom. The van der Waals surface area contributed by atoms with Crippen LogP contribution in [0.25, 0.3) is 0 Å². The molecular weight excluding hydrogens is 335 g/mol. The normalized spacial score (nSPS) is 12.2. The summed E-state index contributed by atoms with van der Waals surface area (Å²) in [7, 11) is 0. The predicted octanol–water partition coefficient (Wildman–Crippen LogP) is 6.01. The minimum absolute atomic E-state index is 0.0303. The van der Waals surface area contributed by atoms with Crippen molar-refractivity contribution < 1.29 is 4.79 Å². The molecule has 0 radical (unpaired) electrons. The zero-order valence-corrected chi connectivity index (χ0v) is 13.7. The first kappa shape index (κ1) is 15.7. The van der Waals surface area contributed by atoms with Gasteiger partial charge in [-0.15, -0.1) is 11.8 Å². The number of carbonyl (C=O) groups excluding carboxylic acids is 1. The van der Waals surface area contributed by atoms with Crippen molar-refractivity contribution in [2.45, 2.75) is 17.1 Å². The fraction of sp³-hybridized carbons (Fsp3) is 0.133. The lowest BCUT2D eigenvalue weighted by Crippen LogP contribution is -2.13. The number of hydrogen-bond donors (Lipinski definition) is 0. The number of hydrogen-bond acceptors (Lipinski definition) is 2. The summed E-state index contributed by atoms with van der Waals surface area (Å²) in [5.74, 6) is 0.0303. The van der Waals surface area contributed by atoms with Gasteiger partial charge in [0.2, 0.25) is 0 Å². The zero-order valence-electron chi connectivity index (χ0n) is 10.6. The Labute approximate surface area is 137 Å². The van der Waals surface area contributed by atoms with Crippen LogP contribution in [0.3, 0.4) is 0 Å². The summed E-state index contributed by atoms with van der Waals surface area (Å²) in [6.45, 7) is 1.85. The molecule has 0 N–H and O–H groups in total. The minimum atomic E-state index is -0.257. The van der Waals surface area contributed by atoms with E-state index in [0.717, 1.165) is 4.90 Å². The predicted molar refractivity (Wildman–Crippen MR) is 87.6 cm³/mol. The molecule has 0 bridgehead atoms. The van der Waals surface area contributed by atoms with E-state index in [2.05, 4.69) is 0 Å². The number of carbonyl (C=O) groups is 1. The van der Waals surface area contributed by atoms with Crippen molar-refractivity contribution in [2.24, 2.45) is 0 Å². The van der Waals surface area contributed by atoms with Gasteiger partial charge in [0.05, 0.1) is 10.3 Å². The molecule has 20 heavy (non-hydrogen) atoms. The number of benzene rings is 2. The molecule has 0 saturated carbocycles. The van der Waals surface area contributed by atoms with E-state index in [9.17, 15) is 4.79 Å². The molecule has 0 spiro atoms. The standard InChI is InChI=1S/C15H11Cl3OS/c1-9(15(19)10-2-4-11(16)5-3-10)20-14-8-12(17)6-7-13(14)18/h2-9H,1H3. The van der Waals surface area contributed by atoms with E-state index in [1.54, 1.807) is 42.5 Å². The lowest BCUT2D eigenvalue weighted by Gasteiger charge is -2.12. The Morgan fingerprint density at radius 1 is 1.00 bits per heavy atom. The number of halogens is 3. The van der Waals surface area contributed by atoms with Crippen molar-refractivity contribution in [1.29, 1.82) is 0 Å². The maximum atomic E-state index is 12.3. The van der Waals surface area contributed by atoms with Crippen LogP contribution in [0.4, 0.5) is 0 Å². The van der Waals surface area contributed by atoms with Crippen LogP contribution < -0.4 is 0 Å². The summed E-state index contributed by atoms with van der Waals surface area (Å²) >= 11 is 19.3. The fourth-order valence-corrected chi connectivity index (χ4v) is 3.27. The Bertz CT molecular complexity index is 626. The summed E-state index contributed by atoms with van der Waals surface area (Å²) in [4.78, 5) is 13.1. The van der Waals surface area contributed by atoms with Gasteiger partial charge in [-0.25, -0.2) is 0 Å². The molecule has 0 aliphatic carbocycles. The second-order valence-corrected chi connectivity index (χ2v) is 6.87. The van der Waals surface area contributed by atoms with E-state index < -0.39 is 0 Å². The molecule has 5 heteroatoms. The van der Waals surface area contributed by atoms with E-state index in [-0.39, 0.29) is 11.0 Å². The van der Waals surface area contributed by atoms with Gasteiger partial charge in [0.25, 0.3) is 0 Å². The van der Waals surface area contributed by atoms with Crippen LogP contribution in [0, 0.1) is 0 Å². The molecule has 2 rings (SSSR count). The second-order valence-electron chi connectivity index (χ2n) is 4.21. The van der Waals surface area contributed by atoms with Crippen molar-refractivity contribution in [1.82, 2.24) is 0 Å². The molecule has 2 aromatic rings. The summed E-state index contributed by atoms with van der Waals surface area (Å²) < 4.78 is 0. The van der Waals surface area contributed by atoms with Gasteiger partial charge in [0, 0.05) is 20.5 Å². The van der Waals surface area contributed by atoms with Gasteiger partial charge in [-0.3, -0.25) is 4.79 Å². The van der Waals surface area contributed by atoms with E-state index >= 15 is 0 Å². The van der Waals surface area contributed by atoms with Gasteiger partial charge in [-0.2, -0.15) is 0 Å². The fourth-order valence-electron chi connectivity index (χ4n) is 1.66. The summed E-state index contributed by atoms with van der Waals surface area (Å²) in [6.07, 6.45) is 0. The monoisotopic (exact) mass is 344 g/mol. The molecule has 0 heterocycles. The van der Waals surface area contributed by atoms with Crippen LogP contribution >= 0.6 is 46.6 Å². The highest BCUT2D eigenvalue weighted by atomic mass is 35.5. The highest BCUT2D eigenvalue weighted by Crippen LogP contribution is 2.33. The van der Waals surface area contributed by atoms with Crippen LogP contribution in [0.5, 0.6) is 0 Å². The topological polar surface area (TPSA) is 17.1 Å². The summed E-state index contributed by atoms with van der Waals surface area (Å²) in [5.41, 5.74) is 0.632. The number of thioether (sulfide) groups is 1. The molecule has 0 saturated heterocycles. The Morgan fingerprint density at radius 2 is 1.60 bits per heavy atom. The lowest BCUT2D eigenvalue weighted by atomic mass is 10.1. The molecule has 1 nitrogen and oxygen atoms in total. The zero-order chi connectivity index (χ0) is 14.7. The molecule has 0 aliphatic heterocycles. The maximum absolute atomic E-state index is 12.3. The van der Waals surface area contributed by atoms with Crippen LogP contribution in [0.2, 0.25) is 15.1 Å². The van der Waals surface area contributed by atoms with Gasteiger partial charge < -0.3 is 0 Å². The average molecular weight is 346 g/mol. The third-order valence-electron chi connectivity index (χ3n) is 2.69. The summed E-state index contributed by atoms with van der Waals surface area (Å²) in [6, 6.07) is 12.1. The summed E-state index contributed by atoms with van der Waals surface area (Å²) in [5, 5.41) is 1.55. The average Bonchev–Trinajstić information content (AvgIpc) is 2.43. The van der Waals surface area contributed by atoms with Gasteiger partial charge in [0.1, 0.15) is 0 Å². The van der Waals surface area contributed by atoms with E-state index in [1.165, 1.54) is 11.8 Å². The van der Waals surface area contributed by atoms with Crippen molar-refractivity contribution in [3.63, 3.8) is 0 Å². The van der Waals surface area contributed by atoms with E-state index in [0.29, 0.717) is 20.6 Å². The van der Waals surface area contributed by atoms with Crippen molar-refractivity contribution >= 4 is 52.3 Å². The molecule has 1 unspecified atom stereocenters. The molecule has 0 fully saturated rings. The highest BCUT2D eigenvalue weighted by Gasteiger charge is 2.17. The second kappa shape index (κ2) is 6.86. The molecule has 1 atom stereocenters. The smallest absolute Gasteiger partial charge is 0.175 e. The van der Waals surface area contributed by atoms with Crippen LogP contribution in [0.15, 0.2) is 47.4 Å². The molecule has 0 aromatic heterocycles.